The van der Waals surface area contributed by atoms with E-state index in [0.717, 1.165) is 24.8 Å². The number of anilines is 1. The van der Waals surface area contributed by atoms with E-state index in [9.17, 15) is 23.4 Å². The quantitative estimate of drug-likeness (QED) is 0.239. The largest absolute Gasteiger partial charge is 0.507 e. The van der Waals surface area contributed by atoms with Gasteiger partial charge in [-0.2, -0.15) is 8.42 Å². The third-order valence-corrected chi connectivity index (χ3v) is 8.46. The molecule has 5 rings (SSSR count). The summed E-state index contributed by atoms with van der Waals surface area (Å²) in [5.74, 6) is -0.365. The van der Waals surface area contributed by atoms with Crippen LogP contribution in [0.5, 0.6) is 11.5 Å². The molecule has 202 valence electrons. The van der Waals surface area contributed by atoms with Crippen molar-refractivity contribution in [3.8, 4) is 11.5 Å². The van der Waals surface area contributed by atoms with Crippen molar-refractivity contribution in [3.05, 3.63) is 112 Å². The molecule has 2 heterocycles. The maximum Gasteiger partial charge on any atom is 0.343 e. The van der Waals surface area contributed by atoms with Gasteiger partial charge in [-0.15, -0.1) is 0 Å². The van der Waals surface area contributed by atoms with E-state index in [2.05, 4.69) is 16.6 Å². The zero-order valence-electron chi connectivity index (χ0n) is 21.4. The third-order valence-electron chi connectivity index (χ3n) is 7.14. The van der Waals surface area contributed by atoms with Crippen LogP contribution in [0.4, 0.5) is 5.69 Å². The Kier molecular flexibility index (Phi) is 7.43. The molecule has 0 aliphatic heterocycles. The minimum Gasteiger partial charge on any atom is -0.507 e. The fourth-order valence-corrected chi connectivity index (χ4v) is 6.16. The summed E-state index contributed by atoms with van der Waals surface area (Å²) in [6.07, 6.45) is 4.35. The van der Waals surface area contributed by atoms with Crippen molar-refractivity contribution in [2.75, 3.05) is 4.72 Å². The Labute approximate surface area is 227 Å². The number of nitrogens with one attached hydrogen (secondary N) is 1. The summed E-state index contributed by atoms with van der Waals surface area (Å²) in [4.78, 5) is 17.1. The molecule has 2 unspecified atom stereocenters. The van der Waals surface area contributed by atoms with Crippen LogP contribution in [0.1, 0.15) is 60.5 Å². The lowest BCUT2D eigenvalue weighted by Gasteiger charge is -2.20. The van der Waals surface area contributed by atoms with E-state index in [1.165, 1.54) is 24.4 Å². The summed E-state index contributed by atoms with van der Waals surface area (Å²) in [6, 6.07) is 20.9. The molecule has 0 bridgehead atoms. The second kappa shape index (κ2) is 10.9. The normalized spacial score (nSPS) is 15.0. The van der Waals surface area contributed by atoms with E-state index in [1.54, 1.807) is 24.3 Å². The van der Waals surface area contributed by atoms with Crippen molar-refractivity contribution in [1.29, 1.82) is 0 Å². The van der Waals surface area contributed by atoms with Gasteiger partial charge in [0.05, 0.1) is 5.56 Å². The topological polar surface area (TPSA) is 130 Å². The summed E-state index contributed by atoms with van der Waals surface area (Å²) in [5.41, 5.74) is 1.65. The molecule has 3 N–H and O–H groups in total. The predicted molar refractivity (Wildman–Crippen MR) is 148 cm³/mol. The van der Waals surface area contributed by atoms with E-state index in [4.69, 9.17) is 4.42 Å². The predicted octanol–water partition coefficient (Wildman–Crippen LogP) is 5.53. The number of pyridine rings is 1. The molecular weight excluding hydrogens is 516 g/mol. The molecule has 4 aromatic rings. The summed E-state index contributed by atoms with van der Waals surface area (Å²) in [5, 5.41) is 20.5. The van der Waals surface area contributed by atoms with Crippen molar-refractivity contribution in [2.45, 2.75) is 49.5 Å². The Balaban J connectivity index is 1.45. The van der Waals surface area contributed by atoms with Gasteiger partial charge in [-0.3, -0.25) is 4.72 Å². The monoisotopic (exact) mass is 546 g/mol. The Bertz CT molecular complexity index is 1630. The Morgan fingerprint density at radius 2 is 1.72 bits per heavy atom. The van der Waals surface area contributed by atoms with Crippen molar-refractivity contribution in [2.24, 2.45) is 5.92 Å². The van der Waals surface area contributed by atoms with Crippen LogP contribution in [0.2, 0.25) is 0 Å². The number of benzene rings is 2. The minimum absolute atomic E-state index is 0.115. The van der Waals surface area contributed by atoms with Crippen LogP contribution in [0.15, 0.2) is 93.2 Å². The van der Waals surface area contributed by atoms with Crippen LogP contribution in [-0.2, 0) is 16.4 Å². The van der Waals surface area contributed by atoms with Gasteiger partial charge in [0.2, 0.25) is 5.03 Å². The van der Waals surface area contributed by atoms with E-state index < -0.39 is 32.3 Å². The second-order valence-electron chi connectivity index (χ2n) is 9.89. The van der Waals surface area contributed by atoms with Gasteiger partial charge in [0.1, 0.15) is 11.5 Å². The average Bonchev–Trinajstić information content (AvgIpc) is 3.75. The van der Waals surface area contributed by atoms with Crippen LogP contribution >= 0.6 is 0 Å². The van der Waals surface area contributed by atoms with Gasteiger partial charge >= 0.3 is 5.63 Å². The van der Waals surface area contributed by atoms with E-state index >= 15 is 0 Å². The molecule has 0 amide bonds. The van der Waals surface area contributed by atoms with Crippen molar-refractivity contribution >= 4 is 15.7 Å². The molecule has 2 aromatic heterocycles. The molecule has 1 fully saturated rings. The number of sulfonamides is 1. The fourth-order valence-electron chi connectivity index (χ4n) is 5.08. The van der Waals surface area contributed by atoms with Crippen LogP contribution in [0.3, 0.4) is 0 Å². The van der Waals surface area contributed by atoms with Gasteiger partial charge in [-0.25, -0.2) is 9.78 Å². The van der Waals surface area contributed by atoms with Gasteiger partial charge < -0.3 is 14.6 Å². The van der Waals surface area contributed by atoms with Crippen molar-refractivity contribution < 1.29 is 23.0 Å². The first-order valence-corrected chi connectivity index (χ1v) is 14.4. The Morgan fingerprint density at radius 1 is 0.974 bits per heavy atom. The van der Waals surface area contributed by atoms with E-state index in [0.29, 0.717) is 17.7 Å². The number of hydrogen-bond donors (Lipinski definition) is 3. The lowest BCUT2D eigenvalue weighted by molar-refractivity contribution is 0.395. The highest BCUT2D eigenvalue weighted by Gasteiger charge is 2.37. The summed E-state index contributed by atoms with van der Waals surface area (Å²) in [6.45, 7) is 2.07. The Hall–Kier alpha value is -4.11. The van der Waals surface area contributed by atoms with Crippen LogP contribution in [0.25, 0.3) is 0 Å². The highest BCUT2D eigenvalue weighted by molar-refractivity contribution is 7.92. The highest BCUT2D eigenvalue weighted by Crippen LogP contribution is 2.48. The molecular formula is C30H30N2O6S. The molecule has 2 aromatic carbocycles. The first-order chi connectivity index (χ1) is 18.8. The van der Waals surface area contributed by atoms with E-state index in [-0.39, 0.29) is 28.8 Å². The van der Waals surface area contributed by atoms with Gasteiger partial charge in [0, 0.05) is 30.3 Å². The van der Waals surface area contributed by atoms with Crippen molar-refractivity contribution in [3.63, 3.8) is 0 Å². The molecule has 2 atom stereocenters. The summed E-state index contributed by atoms with van der Waals surface area (Å²) >= 11 is 0. The molecule has 0 spiro atoms. The first-order valence-electron chi connectivity index (χ1n) is 12.9. The van der Waals surface area contributed by atoms with Crippen molar-refractivity contribution in [1.82, 2.24) is 4.98 Å². The number of aromatic nitrogens is 1. The van der Waals surface area contributed by atoms with Crippen LogP contribution in [0, 0.1) is 5.92 Å². The standard InChI is InChI=1S/C30H30N2O6S/c1-2-19(20-8-4-3-5-9-20)17-24-18-26(34)28(30(35)38-24)27(21-13-14-21)22-10-6-11-23(16-22)32-39(36,37)29-25(33)12-7-15-31-29/h3-12,15-16,18-19,21,27,32-34H,2,13-14,17H2,1H3. The molecule has 39 heavy (non-hydrogen) atoms. The molecule has 1 aliphatic carbocycles. The lowest BCUT2D eigenvalue weighted by atomic mass is 9.86. The van der Waals surface area contributed by atoms with Gasteiger partial charge in [0.15, 0.2) is 5.75 Å². The maximum atomic E-state index is 13.3. The van der Waals surface area contributed by atoms with Crippen LogP contribution in [-0.4, -0.2) is 23.6 Å². The van der Waals surface area contributed by atoms with Gasteiger partial charge in [0.25, 0.3) is 10.0 Å². The SMILES string of the molecule is CCC(Cc1cc(O)c(C(c2cccc(NS(=O)(=O)c3ncccc3O)c2)C2CC2)c(=O)o1)c1ccccc1. The average molecular weight is 547 g/mol. The molecule has 8 nitrogen and oxygen atoms in total. The number of nitrogens with zero attached hydrogens (tertiary/aromatic N) is 1. The smallest absolute Gasteiger partial charge is 0.343 e. The molecule has 0 saturated heterocycles. The third kappa shape index (κ3) is 5.83. The summed E-state index contributed by atoms with van der Waals surface area (Å²) < 4.78 is 33.9. The van der Waals surface area contributed by atoms with Gasteiger partial charge in [-0.1, -0.05) is 49.4 Å². The Morgan fingerprint density at radius 3 is 2.38 bits per heavy atom. The van der Waals surface area contributed by atoms with E-state index in [1.807, 2.05) is 30.3 Å². The molecule has 1 saturated carbocycles. The lowest BCUT2D eigenvalue weighted by Crippen LogP contribution is -2.18. The minimum atomic E-state index is -4.16. The molecule has 0 radical (unpaired) electrons. The number of aromatic hydroxyl groups is 2. The highest BCUT2D eigenvalue weighted by atomic mass is 32.2. The van der Waals surface area contributed by atoms with Gasteiger partial charge in [-0.05, 0) is 66.5 Å². The fraction of sp³-hybridized carbons (Fsp3) is 0.267. The molecule has 1 aliphatic rings. The summed E-state index contributed by atoms with van der Waals surface area (Å²) in [7, 11) is -4.16. The first kappa shape index (κ1) is 26.5. The maximum absolute atomic E-state index is 13.3. The molecule has 9 heteroatoms. The zero-order chi connectivity index (χ0) is 27.6. The van der Waals surface area contributed by atoms with Crippen LogP contribution < -0.4 is 10.3 Å². The number of hydrogen-bond acceptors (Lipinski definition) is 7. The zero-order valence-corrected chi connectivity index (χ0v) is 22.3. The number of rotatable bonds is 10. The second-order valence-corrected chi connectivity index (χ2v) is 11.5.